The van der Waals surface area contributed by atoms with Crippen LogP contribution in [0.2, 0.25) is 0 Å². The van der Waals surface area contributed by atoms with Crippen LogP contribution < -0.4 is 5.32 Å². The summed E-state index contributed by atoms with van der Waals surface area (Å²) in [5.74, 6) is 1.31. The molecule has 1 N–H and O–H groups in total. The Balaban J connectivity index is 1.75. The first-order valence-corrected chi connectivity index (χ1v) is 8.34. The molecule has 1 heterocycles. The summed E-state index contributed by atoms with van der Waals surface area (Å²) in [5.41, 5.74) is 1.63. The molecule has 2 rings (SSSR count). The van der Waals surface area contributed by atoms with E-state index < -0.39 is 0 Å². The maximum atomic E-state index is 11.9. The summed E-state index contributed by atoms with van der Waals surface area (Å²) in [6.07, 6.45) is 5.73. The molecule has 120 valence electrons. The lowest BCUT2D eigenvalue weighted by molar-refractivity contribution is -0.121. The lowest BCUT2D eigenvalue weighted by atomic mass is 9.99. The Morgan fingerprint density at radius 2 is 2.14 bits per heavy atom. The lowest BCUT2D eigenvalue weighted by Crippen LogP contribution is -2.29. The molecule has 22 heavy (non-hydrogen) atoms. The van der Waals surface area contributed by atoms with E-state index in [1.54, 1.807) is 0 Å². The van der Waals surface area contributed by atoms with Gasteiger partial charge in [-0.25, -0.2) is 4.98 Å². The number of hydrogen-bond acceptors (Lipinski definition) is 3. The van der Waals surface area contributed by atoms with E-state index in [1.165, 1.54) is 19.3 Å². The van der Waals surface area contributed by atoms with Gasteiger partial charge in [0, 0.05) is 19.4 Å². The highest BCUT2D eigenvalue weighted by molar-refractivity contribution is 5.76. The maximum absolute atomic E-state index is 11.9. The van der Waals surface area contributed by atoms with Crippen LogP contribution in [0.5, 0.6) is 0 Å². The molecule has 2 aromatic rings. The molecule has 1 aromatic heterocycles. The summed E-state index contributed by atoms with van der Waals surface area (Å²) >= 11 is 0. The molecule has 4 heteroatoms. The van der Waals surface area contributed by atoms with Gasteiger partial charge in [-0.3, -0.25) is 4.79 Å². The molecule has 1 atom stereocenters. The second-order valence-corrected chi connectivity index (χ2v) is 5.80. The van der Waals surface area contributed by atoms with E-state index in [4.69, 9.17) is 4.42 Å². The zero-order valence-corrected chi connectivity index (χ0v) is 13.6. The van der Waals surface area contributed by atoms with Crippen molar-refractivity contribution in [1.82, 2.24) is 10.3 Å². The molecule has 1 aromatic carbocycles. The average molecular weight is 302 g/mol. The fourth-order valence-electron chi connectivity index (χ4n) is 2.54. The number of hydrogen-bond donors (Lipinski definition) is 1. The van der Waals surface area contributed by atoms with E-state index in [0.717, 1.165) is 24.1 Å². The van der Waals surface area contributed by atoms with Crippen LogP contribution in [0.25, 0.3) is 11.1 Å². The second kappa shape index (κ2) is 8.57. The number of aryl methyl sites for hydroxylation is 1. The number of nitrogens with one attached hydrogen (secondary N) is 1. The van der Waals surface area contributed by atoms with Crippen LogP contribution >= 0.6 is 0 Å². The van der Waals surface area contributed by atoms with Gasteiger partial charge in [0.1, 0.15) is 5.52 Å². The van der Waals surface area contributed by atoms with Crippen molar-refractivity contribution in [3.05, 3.63) is 30.2 Å². The lowest BCUT2D eigenvalue weighted by Gasteiger charge is -2.15. The van der Waals surface area contributed by atoms with Crippen LogP contribution in [0.1, 0.15) is 51.8 Å². The number of fused-ring (bicyclic) bond motifs is 1. The molecular formula is C18H26N2O2. The van der Waals surface area contributed by atoms with Gasteiger partial charge in [-0.2, -0.15) is 0 Å². The minimum absolute atomic E-state index is 0.0807. The molecule has 0 fully saturated rings. The average Bonchev–Trinajstić information content (AvgIpc) is 2.96. The van der Waals surface area contributed by atoms with Gasteiger partial charge in [0.15, 0.2) is 11.5 Å². The normalized spacial score (nSPS) is 12.5. The summed E-state index contributed by atoms with van der Waals surface area (Å²) in [4.78, 5) is 16.3. The number of unbranched alkanes of at least 4 members (excludes halogenated alkanes) is 1. The van der Waals surface area contributed by atoms with E-state index in [-0.39, 0.29) is 5.91 Å². The Morgan fingerprint density at radius 1 is 1.32 bits per heavy atom. The third-order valence-corrected chi connectivity index (χ3v) is 4.04. The van der Waals surface area contributed by atoms with Crippen LogP contribution in [0, 0.1) is 5.92 Å². The number of carbonyl (C=O) groups is 1. The Labute approximate surface area is 132 Å². The fourth-order valence-corrected chi connectivity index (χ4v) is 2.54. The monoisotopic (exact) mass is 302 g/mol. The SMILES string of the molecule is CCCC[C@@H](CC)CNC(=O)CCc1nc2ccccc2o1. The maximum Gasteiger partial charge on any atom is 0.220 e. The first kappa shape index (κ1) is 16.5. The molecule has 0 radical (unpaired) electrons. The highest BCUT2D eigenvalue weighted by Gasteiger charge is 2.10. The van der Waals surface area contributed by atoms with E-state index >= 15 is 0 Å². The third kappa shape index (κ3) is 4.86. The van der Waals surface area contributed by atoms with Crippen molar-refractivity contribution in [2.75, 3.05) is 6.54 Å². The molecule has 1 amide bonds. The number of carbonyl (C=O) groups excluding carboxylic acids is 1. The molecule has 0 spiro atoms. The van der Waals surface area contributed by atoms with Crippen LogP contribution in [0.15, 0.2) is 28.7 Å². The van der Waals surface area contributed by atoms with Crippen molar-refractivity contribution in [3.8, 4) is 0 Å². The van der Waals surface area contributed by atoms with Gasteiger partial charge < -0.3 is 9.73 Å². The molecule has 4 nitrogen and oxygen atoms in total. The van der Waals surface area contributed by atoms with Gasteiger partial charge in [-0.05, 0) is 24.5 Å². The molecule has 0 saturated carbocycles. The number of benzene rings is 1. The third-order valence-electron chi connectivity index (χ3n) is 4.04. The number of para-hydroxylation sites is 2. The Morgan fingerprint density at radius 3 is 2.86 bits per heavy atom. The Kier molecular flexibility index (Phi) is 6.44. The topological polar surface area (TPSA) is 55.1 Å². The number of aromatic nitrogens is 1. The first-order valence-electron chi connectivity index (χ1n) is 8.34. The van der Waals surface area contributed by atoms with E-state index in [1.807, 2.05) is 24.3 Å². The molecule has 0 aliphatic heterocycles. The van der Waals surface area contributed by atoms with Crippen molar-refractivity contribution in [1.29, 1.82) is 0 Å². The Bertz CT molecular complexity index is 559. The predicted molar refractivity (Wildman–Crippen MR) is 88.6 cm³/mol. The highest BCUT2D eigenvalue weighted by Crippen LogP contribution is 2.16. The quantitative estimate of drug-likeness (QED) is 0.759. The summed E-state index contributed by atoms with van der Waals surface area (Å²) in [5, 5.41) is 3.04. The first-order chi connectivity index (χ1) is 10.7. The zero-order valence-electron chi connectivity index (χ0n) is 13.6. The zero-order chi connectivity index (χ0) is 15.8. The molecule has 0 aliphatic carbocycles. The van der Waals surface area contributed by atoms with Gasteiger partial charge in [-0.1, -0.05) is 45.2 Å². The molecule has 0 unspecified atom stereocenters. The number of nitrogens with zero attached hydrogens (tertiary/aromatic N) is 1. The van der Waals surface area contributed by atoms with Gasteiger partial charge >= 0.3 is 0 Å². The summed E-state index contributed by atoms with van der Waals surface area (Å²) in [7, 11) is 0. The molecule has 0 bridgehead atoms. The van der Waals surface area contributed by atoms with Crippen molar-refractivity contribution >= 4 is 17.0 Å². The van der Waals surface area contributed by atoms with Crippen LogP contribution in [0.3, 0.4) is 0 Å². The standard InChI is InChI=1S/C18H26N2O2/c1-3-5-8-14(4-2)13-19-17(21)11-12-18-20-15-9-6-7-10-16(15)22-18/h6-7,9-10,14H,3-5,8,11-13H2,1-2H3,(H,19,21)/t14-/m1/s1. The Hall–Kier alpha value is -1.84. The summed E-state index contributed by atoms with van der Waals surface area (Å²) < 4.78 is 5.63. The molecule has 0 aliphatic rings. The van der Waals surface area contributed by atoms with Crippen molar-refractivity contribution in [2.45, 2.75) is 52.4 Å². The van der Waals surface area contributed by atoms with Crippen molar-refractivity contribution in [3.63, 3.8) is 0 Å². The smallest absolute Gasteiger partial charge is 0.220 e. The van der Waals surface area contributed by atoms with Crippen LogP contribution in [-0.2, 0) is 11.2 Å². The second-order valence-electron chi connectivity index (χ2n) is 5.80. The molecule has 0 saturated heterocycles. The van der Waals surface area contributed by atoms with E-state index in [0.29, 0.717) is 24.7 Å². The minimum Gasteiger partial charge on any atom is -0.441 e. The summed E-state index contributed by atoms with van der Waals surface area (Å²) in [6, 6.07) is 7.67. The predicted octanol–water partition coefficient (Wildman–Crippen LogP) is 4.09. The van der Waals surface area contributed by atoms with Gasteiger partial charge in [0.05, 0.1) is 0 Å². The van der Waals surface area contributed by atoms with E-state index in [2.05, 4.69) is 24.1 Å². The highest BCUT2D eigenvalue weighted by atomic mass is 16.3. The van der Waals surface area contributed by atoms with Gasteiger partial charge in [0.2, 0.25) is 5.91 Å². The fraction of sp³-hybridized carbons (Fsp3) is 0.556. The number of oxazole rings is 1. The van der Waals surface area contributed by atoms with Crippen molar-refractivity contribution in [2.24, 2.45) is 5.92 Å². The van der Waals surface area contributed by atoms with Crippen LogP contribution in [0.4, 0.5) is 0 Å². The van der Waals surface area contributed by atoms with Gasteiger partial charge in [-0.15, -0.1) is 0 Å². The number of rotatable bonds is 9. The summed E-state index contributed by atoms with van der Waals surface area (Å²) in [6.45, 7) is 5.17. The van der Waals surface area contributed by atoms with Crippen LogP contribution in [-0.4, -0.2) is 17.4 Å². The minimum atomic E-state index is 0.0807. The largest absolute Gasteiger partial charge is 0.441 e. The van der Waals surface area contributed by atoms with Crippen molar-refractivity contribution < 1.29 is 9.21 Å². The van der Waals surface area contributed by atoms with Gasteiger partial charge in [0.25, 0.3) is 0 Å². The number of amides is 1. The van der Waals surface area contributed by atoms with E-state index in [9.17, 15) is 4.79 Å². The molecular weight excluding hydrogens is 276 g/mol.